The minimum Gasteiger partial charge on any atom is -0.347 e. The second kappa shape index (κ2) is 7.28. The fraction of sp³-hybridized carbons (Fsp3) is 0.188. The summed E-state index contributed by atoms with van der Waals surface area (Å²) < 4.78 is 0. The van der Waals surface area contributed by atoms with E-state index in [1.807, 2.05) is 24.4 Å². The lowest BCUT2D eigenvalue weighted by atomic mass is 10.1. The molecular weight excluding hydrogens is 304 g/mol. The number of thiophene rings is 1. The number of amides is 1. The van der Waals surface area contributed by atoms with Gasteiger partial charge in [0.15, 0.2) is 0 Å². The number of aryl methyl sites for hydroxylation is 1. The Morgan fingerprint density at radius 2 is 2.24 bits per heavy atom. The first-order valence-corrected chi connectivity index (χ1v) is 7.67. The molecule has 0 saturated heterocycles. The van der Waals surface area contributed by atoms with Crippen molar-refractivity contribution >= 4 is 28.8 Å². The van der Waals surface area contributed by atoms with Gasteiger partial charge in [-0.3, -0.25) is 4.79 Å². The van der Waals surface area contributed by atoms with Crippen LogP contribution in [0, 0.1) is 18.8 Å². The van der Waals surface area contributed by atoms with Gasteiger partial charge in [-0.05, 0) is 36.1 Å². The van der Waals surface area contributed by atoms with Gasteiger partial charge < -0.3 is 11.1 Å². The molecule has 0 fully saturated rings. The predicted molar refractivity (Wildman–Crippen MR) is 87.6 cm³/mol. The highest BCUT2D eigenvalue weighted by atomic mass is 35.5. The summed E-state index contributed by atoms with van der Waals surface area (Å²) in [7, 11) is 0. The van der Waals surface area contributed by atoms with Crippen LogP contribution in [0.3, 0.4) is 0 Å². The zero-order valence-electron chi connectivity index (χ0n) is 11.6. The van der Waals surface area contributed by atoms with Gasteiger partial charge in [-0.1, -0.05) is 29.5 Å². The summed E-state index contributed by atoms with van der Waals surface area (Å²) in [6.45, 7) is 2.68. The van der Waals surface area contributed by atoms with Crippen molar-refractivity contribution in [2.45, 2.75) is 13.5 Å². The van der Waals surface area contributed by atoms with Gasteiger partial charge in [0.1, 0.15) is 0 Å². The summed E-state index contributed by atoms with van der Waals surface area (Å²) in [5.74, 6) is 5.62. The lowest BCUT2D eigenvalue weighted by molar-refractivity contribution is 0.0951. The molecule has 21 heavy (non-hydrogen) atoms. The number of rotatable bonds is 3. The van der Waals surface area contributed by atoms with Crippen molar-refractivity contribution in [2.24, 2.45) is 5.73 Å². The van der Waals surface area contributed by atoms with Crippen molar-refractivity contribution in [1.82, 2.24) is 5.32 Å². The highest BCUT2D eigenvalue weighted by Gasteiger charge is 2.11. The quantitative estimate of drug-likeness (QED) is 0.855. The summed E-state index contributed by atoms with van der Waals surface area (Å²) in [5, 5.41) is 5.27. The maximum atomic E-state index is 12.2. The molecule has 1 heterocycles. The minimum absolute atomic E-state index is 0.189. The Labute approximate surface area is 133 Å². The van der Waals surface area contributed by atoms with Crippen molar-refractivity contribution in [3.05, 3.63) is 56.2 Å². The lowest BCUT2D eigenvalue weighted by Crippen LogP contribution is -2.23. The molecule has 0 bridgehead atoms. The number of halogens is 1. The SMILES string of the molecule is Cc1ccc(C(=O)NCc2sccc2C#CCN)c(Cl)c1. The maximum absolute atomic E-state index is 12.2. The van der Waals surface area contributed by atoms with E-state index in [1.165, 1.54) is 0 Å². The number of nitrogens with one attached hydrogen (secondary N) is 1. The molecule has 0 spiro atoms. The van der Waals surface area contributed by atoms with Gasteiger partial charge in [-0.25, -0.2) is 0 Å². The molecule has 0 unspecified atom stereocenters. The van der Waals surface area contributed by atoms with E-state index in [1.54, 1.807) is 23.5 Å². The van der Waals surface area contributed by atoms with Crippen LogP contribution in [0.1, 0.15) is 26.4 Å². The van der Waals surface area contributed by atoms with Crippen molar-refractivity contribution < 1.29 is 4.79 Å². The van der Waals surface area contributed by atoms with Gasteiger partial charge in [0.25, 0.3) is 5.91 Å². The molecule has 2 aromatic rings. The average Bonchev–Trinajstić information content (AvgIpc) is 2.90. The van der Waals surface area contributed by atoms with Gasteiger partial charge in [0, 0.05) is 10.4 Å². The molecule has 0 aliphatic rings. The van der Waals surface area contributed by atoms with E-state index in [0.29, 0.717) is 23.7 Å². The largest absolute Gasteiger partial charge is 0.347 e. The Balaban J connectivity index is 2.06. The zero-order chi connectivity index (χ0) is 15.2. The number of hydrogen-bond donors (Lipinski definition) is 2. The van der Waals surface area contributed by atoms with E-state index in [9.17, 15) is 4.79 Å². The van der Waals surface area contributed by atoms with Crippen molar-refractivity contribution in [2.75, 3.05) is 6.54 Å². The van der Waals surface area contributed by atoms with E-state index < -0.39 is 0 Å². The van der Waals surface area contributed by atoms with Gasteiger partial charge in [-0.2, -0.15) is 0 Å². The van der Waals surface area contributed by atoms with Crippen LogP contribution in [0.4, 0.5) is 0 Å². The molecule has 0 atom stereocenters. The van der Waals surface area contributed by atoms with Gasteiger partial charge in [-0.15, -0.1) is 11.3 Å². The third-order valence-corrected chi connectivity index (χ3v) is 4.08. The van der Waals surface area contributed by atoms with Gasteiger partial charge >= 0.3 is 0 Å². The standard InChI is InChI=1S/C16H15ClN2OS/c1-11-4-5-13(14(17)9-11)16(20)19-10-15-12(3-2-7-18)6-8-21-15/h4-6,8-9H,7,10,18H2,1H3,(H,19,20). The Kier molecular flexibility index (Phi) is 5.40. The van der Waals surface area contributed by atoms with Crippen molar-refractivity contribution in [3.8, 4) is 11.8 Å². The summed E-state index contributed by atoms with van der Waals surface area (Å²) in [6, 6.07) is 7.30. The Morgan fingerprint density at radius 1 is 1.43 bits per heavy atom. The molecule has 108 valence electrons. The van der Waals surface area contributed by atoms with Crippen LogP contribution in [0.25, 0.3) is 0 Å². The molecule has 0 radical (unpaired) electrons. The second-order valence-corrected chi connectivity index (χ2v) is 5.84. The average molecular weight is 319 g/mol. The molecule has 2 rings (SSSR count). The predicted octanol–water partition coefficient (Wildman–Crippen LogP) is 2.95. The lowest BCUT2D eigenvalue weighted by Gasteiger charge is -2.07. The first-order chi connectivity index (χ1) is 10.1. The van der Waals surface area contributed by atoms with Crippen LogP contribution in [0.5, 0.6) is 0 Å². The molecule has 0 saturated carbocycles. The zero-order valence-corrected chi connectivity index (χ0v) is 13.1. The molecule has 1 aromatic heterocycles. The van der Waals surface area contributed by atoms with Crippen LogP contribution in [0.15, 0.2) is 29.6 Å². The van der Waals surface area contributed by atoms with Crippen LogP contribution in [-0.2, 0) is 6.54 Å². The van der Waals surface area contributed by atoms with Crippen LogP contribution >= 0.6 is 22.9 Å². The number of carbonyl (C=O) groups excluding carboxylic acids is 1. The molecule has 1 amide bonds. The van der Waals surface area contributed by atoms with E-state index in [-0.39, 0.29) is 5.91 Å². The molecule has 0 aliphatic carbocycles. The first-order valence-electron chi connectivity index (χ1n) is 6.41. The molecule has 3 N–H and O–H groups in total. The number of carbonyl (C=O) groups is 1. The molecule has 0 aliphatic heterocycles. The van der Waals surface area contributed by atoms with Gasteiger partial charge in [0.2, 0.25) is 0 Å². The monoisotopic (exact) mass is 318 g/mol. The first kappa shape index (κ1) is 15.6. The topological polar surface area (TPSA) is 55.1 Å². The van der Waals surface area contributed by atoms with Crippen molar-refractivity contribution in [3.63, 3.8) is 0 Å². The van der Waals surface area contributed by atoms with E-state index in [4.69, 9.17) is 17.3 Å². The van der Waals surface area contributed by atoms with Gasteiger partial charge in [0.05, 0.1) is 23.7 Å². The number of hydrogen-bond acceptors (Lipinski definition) is 3. The Bertz CT molecular complexity index is 713. The summed E-state index contributed by atoms with van der Waals surface area (Å²) in [6.07, 6.45) is 0. The summed E-state index contributed by atoms with van der Waals surface area (Å²) >= 11 is 7.64. The van der Waals surface area contributed by atoms with E-state index >= 15 is 0 Å². The third-order valence-electron chi connectivity index (χ3n) is 2.85. The molecule has 3 nitrogen and oxygen atoms in total. The summed E-state index contributed by atoms with van der Waals surface area (Å²) in [5.41, 5.74) is 7.77. The van der Waals surface area contributed by atoms with Crippen LogP contribution in [-0.4, -0.2) is 12.5 Å². The Hall–Kier alpha value is -1.80. The van der Waals surface area contributed by atoms with Crippen LogP contribution in [0.2, 0.25) is 5.02 Å². The summed E-state index contributed by atoms with van der Waals surface area (Å²) in [4.78, 5) is 13.2. The highest BCUT2D eigenvalue weighted by Crippen LogP contribution is 2.19. The third kappa shape index (κ3) is 4.08. The number of nitrogens with two attached hydrogens (primary N) is 1. The maximum Gasteiger partial charge on any atom is 0.253 e. The Morgan fingerprint density at radius 3 is 2.95 bits per heavy atom. The molecule has 5 heteroatoms. The normalized spacial score (nSPS) is 9.86. The smallest absolute Gasteiger partial charge is 0.253 e. The minimum atomic E-state index is -0.189. The molecule has 1 aromatic carbocycles. The fourth-order valence-corrected chi connectivity index (χ4v) is 2.89. The second-order valence-electron chi connectivity index (χ2n) is 4.43. The van der Waals surface area contributed by atoms with E-state index in [0.717, 1.165) is 16.0 Å². The highest BCUT2D eigenvalue weighted by molar-refractivity contribution is 7.10. The van der Waals surface area contributed by atoms with Crippen LogP contribution < -0.4 is 11.1 Å². The van der Waals surface area contributed by atoms with Crippen molar-refractivity contribution in [1.29, 1.82) is 0 Å². The fourth-order valence-electron chi connectivity index (χ4n) is 1.80. The number of benzene rings is 1. The van der Waals surface area contributed by atoms with E-state index in [2.05, 4.69) is 17.2 Å². The molecular formula is C16H15ClN2OS.